The normalized spacial score (nSPS) is 15.9. The SMILES string of the molecule is CC(Cl)c1nnc(NCC(C)C(C)(C)C)o1. The molecule has 0 fully saturated rings. The van der Waals surface area contributed by atoms with Crippen LogP contribution in [-0.2, 0) is 0 Å². The van der Waals surface area contributed by atoms with Gasteiger partial charge in [0.15, 0.2) is 0 Å². The van der Waals surface area contributed by atoms with Crippen molar-refractivity contribution in [1.29, 1.82) is 0 Å². The second-order valence-corrected chi connectivity index (χ2v) is 5.86. The maximum atomic E-state index is 5.83. The molecule has 0 saturated heterocycles. The zero-order chi connectivity index (χ0) is 12.3. The number of halogens is 1. The summed E-state index contributed by atoms with van der Waals surface area (Å²) in [5.41, 5.74) is 0.260. The summed E-state index contributed by atoms with van der Waals surface area (Å²) in [5, 5.41) is 10.6. The number of aromatic nitrogens is 2. The number of hydrogen-bond donors (Lipinski definition) is 1. The second-order valence-electron chi connectivity index (χ2n) is 5.21. The molecule has 1 aromatic heterocycles. The van der Waals surface area contributed by atoms with Crippen LogP contribution >= 0.6 is 11.6 Å². The Hall–Kier alpha value is -0.770. The molecule has 2 atom stereocenters. The van der Waals surface area contributed by atoms with E-state index in [1.807, 2.05) is 0 Å². The van der Waals surface area contributed by atoms with Crippen LogP contribution in [0.5, 0.6) is 0 Å². The Kier molecular flexibility index (Phi) is 4.19. The van der Waals surface area contributed by atoms with Crippen LogP contribution in [0.15, 0.2) is 4.42 Å². The highest BCUT2D eigenvalue weighted by Gasteiger charge is 2.20. The van der Waals surface area contributed by atoms with Gasteiger partial charge in [0.2, 0.25) is 5.89 Å². The van der Waals surface area contributed by atoms with Crippen LogP contribution < -0.4 is 5.32 Å². The van der Waals surface area contributed by atoms with Gasteiger partial charge in [-0.3, -0.25) is 0 Å². The Bertz CT molecular complexity index is 330. The minimum absolute atomic E-state index is 0.247. The van der Waals surface area contributed by atoms with Gasteiger partial charge in [-0.15, -0.1) is 16.7 Å². The average Bonchev–Trinajstić information content (AvgIpc) is 2.60. The molecule has 0 aromatic carbocycles. The van der Waals surface area contributed by atoms with Crippen molar-refractivity contribution in [3.63, 3.8) is 0 Å². The highest BCUT2D eigenvalue weighted by Crippen LogP contribution is 2.25. The Labute approximate surface area is 102 Å². The Morgan fingerprint density at radius 1 is 1.31 bits per heavy atom. The zero-order valence-electron chi connectivity index (χ0n) is 10.5. The molecule has 0 radical (unpaired) electrons. The first-order chi connectivity index (χ1) is 7.30. The van der Waals surface area contributed by atoms with Crippen LogP contribution in [-0.4, -0.2) is 16.7 Å². The van der Waals surface area contributed by atoms with Crippen LogP contribution in [0.25, 0.3) is 0 Å². The Balaban J connectivity index is 2.49. The standard InChI is InChI=1S/C11H20ClN3O/c1-7(11(3,4)5)6-13-10-15-14-9(16-10)8(2)12/h7-8H,6H2,1-5H3,(H,13,15). The molecule has 5 heteroatoms. The summed E-state index contributed by atoms with van der Waals surface area (Å²) in [6.45, 7) is 11.4. The van der Waals surface area contributed by atoms with Crippen molar-refractivity contribution in [2.75, 3.05) is 11.9 Å². The molecule has 0 saturated carbocycles. The third-order valence-electron chi connectivity index (χ3n) is 2.82. The van der Waals surface area contributed by atoms with Gasteiger partial charge in [0.25, 0.3) is 0 Å². The molecular weight excluding hydrogens is 226 g/mol. The van der Waals surface area contributed by atoms with Crippen molar-refractivity contribution in [2.24, 2.45) is 11.3 Å². The van der Waals surface area contributed by atoms with E-state index in [1.165, 1.54) is 0 Å². The summed E-state index contributed by atoms with van der Waals surface area (Å²) >= 11 is 5.83. The van der Waals surface area contributed by atoms with Gasteiger partial charge in [-0.05, 0) is 18.3 Å². The number of hydrogen-bond acceptors (Lipinski definition) is 4. The first kappa shape index (κ1) is 13.3. The van der Waals surface area contributed by atoms with E-state index in [0.717, 1.165) is 6.54 Å². The van der Waals surface area contributed by atoms with Gasteiger partial charge >= 0.3 is 6.01 Å². The lowest BCUT2D eigenvalue weighted by Gasteiger charge is -2.26. The molecule has 0 bridgehead atoms. The van der Waals surface area contributed by atoms with Crippen molar-refractivity contribution in [3.05, 3.63) is 5.89 Å². The van der Waals surface area contributed by atoms with Crippen molar-refractivity contribution in [1.82, 2.24) is 10.2 Å². The molecule has 92 valence electrons. The minimum atomic E-state index is -0.247. The summed E-state index contributed by atoms with van der Waals surface area (Å²) in [4.78, 5) is 0. The van der Waals surface area contributed by atoms with E-state index < -0.39 is 0 Å². The lowest BCUT2D eigenvalue weighted by molar-refractivity contribution is 0.273. The smallest absolute Gasteiger partial charge is 0.315 e. The third kappa shape index (κ3) is 3.67. The first-order valence-electron chi connectivity index (χ1n) is 5.52. The lowest BCUT2D eigenvalue weighted by Crippen LogP contribution is -2.24. The molecule has 0 aliphatic carbocycles. The Morgan fingerprint density at radius 3 is 2.38 bits per heavy atom. The molecule has 4 nitrogen and oxygen atoms in total. The molecule has 0 aliphatic heterocycles. The van der Waals surface area contributed by atoms with Crippen molar-refractivity contribution in [2.45, 2.75) is 40.0 Å². The van der Waals surface area contributed by atoms with Crippen LogP contribution in [0.1, 0.15) is 45.9 Å². The van der Waals surface area contributed by atoms with E-state index in [9.17, 15) is 0 Å². The second kappa shape index (κ2) is 5.04. The van der Waals surface area contributed by atoms with E-state index in [0.29, 0.717) is 17.8 Å². The zero-order valence-corrected chi connectivity index (χ0v) is 11.3. The van der Waals surface area contributed by atoms with Crippen LogP contribution in [0.3, 0.4) is 0 Å². The third-order valence-corrected chi connectivity index (χ3v) is 3.01. The maximum Gasteiger partial charge on any atom is 0.315 e. The Morgan fingerprint density at radius 2 is 1.94 bits per heavy atom. The van der Waals surface area contributed by atoms with Gasteiger partial charge in [-0.1, -0.05) is 32.8 Å². The summed E-state index contributed by atoms with van der Waals surface area (Å²) < 4.78 is 5.34. The monoisotopic (exact) mass is 245 g/mol. The quantitative estimate of drug-likeness (QED) is 0.826. The molecule has 1 heterocycles. The number of rotatable bonds is 4. The highest BCUT2D eigenvalue weighted by atomic mass is 35.5. The number of alkyl halides is 1. The predicted molar refractivity (Wildman–Crippen MR) is 65.7 cm³/mol. The molecule has 2 unspecified atom stereocenters. The molecule has 0 aliphatic rings. The maximum absolute atomic E-state index is 5.83. The van der Waals surface area contributed by atoms with Crippen LogP contribution in [0, 0.1) is 11.3 Å². The number of anilines is 1. The fourth-order valence-corrected chi connectivity index (χ4v) is 1.10. The van der Waals surface area contributed by atoms with E-state index >= 15 is 0 Å². The highest BCUT2D eigenvalue weighted by molar-refractivity contribution is 6.20. The van der Waals surface area contributed by atoms with E-state index in [4.69, 9.17) is 16.0 Å². The minimum Gasteiger partial charge on any atom is -0.407 e. The van der Waals surface area contributed by atoms with Crippen LogP contribution in [0.4, 0.5) is 6.01 Å². The molecule has 1 aromatic rings. The van der Waals surface area contributed by atoms with Gasteiger partial charge in [0.1, 0.15) is 5.38 Å². The topological polar surface area (TPSA) is 51.0 Å². The van der Waals surface area contributed by atoms with Gasteiger partial charge in [0, 0.05) is 6.54 Å². The number of nitrogens with zero attached hydrogens (tertiary/aromatic N) is 2. The summed E-state index contributed by atoms with van der Waals surface area (Å²) in [6, 6.07) is 0.443. The molecule has 16 heavy (non-hydrogen) atoms. The largest absolute Gasteiger partial charge is 0.407 e. The molecule has 0 spiro atoms. The van der Waals surface area contributed by atoms with Gasteiger partial charge < -0.3 is 9.73 Å². The molecule has 1 rings (SSSR count). The fraction of sp³-hybridized carbons (Fsp3) is 0.818. The van der Waals surface area contributed by atoms with Gasteiger partial charge in [-0.25, -0.2) is 0 Å². The first-order valence-corrected chi connectivity index (χ1v) is 5.95. The van der Waals surface area contributed by atoms with E-state index in [-0.39, 0.29) is 10.8 Å². The van der Waals surface area contributed by atoms with Gasteiger partial charge in [-0.2, -0.15) is 0 Å². The average molecular weight is 246 g/mol. The fourth-order valence-electron chi connectivity index (χ4n) is 1.01. The predicted octanol–water partition coefficient (Wildman–Crippen LogP) is 3.46. The van der Waals surface area contributed by atoms with E-state index in [2.05, 4.69) is 43.2 Å². The van der Waals surface area contributed by atoms with Crippen molar-refractivity contribution in [3.8, 4) is 0 Å². The van der Waals surface area contributed by atoms with Crippen LogP contribution in [0.2, 0.25) is 0 Å². The number of nitrogens with one attached hydrogen (secondary N) is 1. The van der Waals surface area contributed by atoms with E-state index in [1.54, 1.807) is 6.92 Å². The summed E-state index contributed by atoms with van der Waals surface area (Å²) in [5.74, 6) is 0.962. The summed E-state index contributed by atoms with van der Waals surface area (Å²) in [6.07, 6.45) is 0. The molecular formula is C11H20ClN3O. The lowest BCUT2D eigenvalue weighted by atomic mass is 9.82. The van der Waals surface area contributed by atoms with Crippen molar-refractivity contribution < 1.29 is 4.42 Å². The van der Waals surface area contributed by atoms with Crippen molar-refractivity contribution >= 4 is 17.6 Å². The molecule has 1 N–H and O–H groups in total. The summed E-state index contributed by atoms with van der Waals surface area (Å²) in [7, 11) is 0. The molecule has 0 amide bonds. The van der Waals surface area contributed by atoms with Gasteiger partial charge in [0.05, 0.1) is 0 Å².